The first-order valence-corrected chi connectivity index (χ1v) is 11.1. The molecule has 2 unspecified atom stereocenters. The average molecular weight is 613 g/mol. The van der Waals surface area contributed by atoms with Crippen LogP contribution in [-0.2, 0) is 11.3 Å². The Hall–Kier alpha value is -2.01. The van der Waals surface area contributed by atoms with Gasteiger partial charge in [-0.2, -0.15) is 8.78 Å². The third-order valence-electron chi connectivity index (χ3n) is 4.49. The maximum absolute atomic E-state index is 14.1. The van der Waals surface area contributed by atoms with E-state index in [9.17, 15) is 22.0 Å². The number of aryl methyl sites for hydroxylation is 1. The largest absolute Gasteiger partial charge is 0.427 e. The zero-order valence-electron chi connectivity index (χ0n) is 18.2. The van der Waals surface area contributed by atoms with Crippen LogP contribution in [0.2, 0.25) is 0 Å². The van der Waals surface area contributed by atoms with E-state index in [-0.39, 0.29) is 36.3 Å². The lowest BCUT2D eigenvalue weighted by molar-refractivity contribution is 0.107. The van der Waals surface area contributed by atoms with Crippen molar-refractivity contribution in [2.45, 2.75) is 26.5 Å². The van der Waals surface area contributed by atoms with Crippen LogP contribution < -0.4 is 14.1 Å². The first kappa shape index (κ1) is 28.2. The molecular formula is C23H22F5INO3P. The Morgan fingerprint density at radius 2 is 1.35 bits per heavy atom. The second-order valence-corrected chi connectivity index (χ2v) is 8.26. The molecule has 0 radical (unpaired) electrons. The molecular weight excluding hydrogens is 591 g/mol. The standard InChI is InChI=1S/C23H21F5NO3P.HI/c1-14-8-6-7-9-16(14)13-30-12-15(2)29-33(31-17-10-4-3-5-11-17)32-23-21(27)19(25)18(24)20(26)22(23)28;/h3-11,15,29H,12-13H2,1-2H3;1H. The summed E-state index contributed by atoms with van der Waals surface area (Å²) in [6.45, 7) is 4.13. The summed E-state index contributed by atoms with van der Waals surface area (Å²) in [5, 5.41) is 2.85. The second-order valence-electron chi connectivity index (χ2n) is 7.12. The molecule has 0 fully saturated rings. The Kier molecular flexibility index (Phi) is 10.9. The lowest BCUT2D eigenvalue weighted by Crippen LogP contribution is -2.29. The number of nitrogens with one attached hydrogen (secondary N) is 1. The van der Waals surface area contributed by atoms with E-state index in [1.165, 1.54) is 0 Å². The van der Waals surface area contributed by atoms with Crippen molar-refractivity contribution in [2.24, 2.45) is 0 Å². The normalized spacial score (nSPS) is 12.6. The van der Waals surface area contributed by atoms with Gasteiger partial charge < -0.3 is 13.8 Å². The van der Waals surface area contributed by atoms with Crippen LogP contribution in [0.5, 0.6) is 11.5 Å². The lowest BCUT2D eigenvalue weighted by Gasteiger charge is -2.23. The molecule has 1 N–H and O–H groups in total. The summed E-state index contributed by atoms with van der Waals surface area (Å²) in [6.07, 6.45) is 0. The monoisotopic (exact) mass is 613 g/mol. The predicted octanol–water partition coefficient (Wildman–Crippen LogP) is 7.19. The molecule has 0 bridgehead atoms. The minimum absolute atomic E-state index is 0. The van der Waals surface area contributed by atoms with Crippen LogP contribution in [0.25, 0.3) is 0 Å². The molecule has 0 spiro atoms. The Morgan fingerprint density at radius 1 is 0.794 bits per heavy atom. The van der Waals surface area contributed by atoms with E-state index in [1.54, 1.807) is 37.3 Å². The summed E-state index contributed by atoms with van der Waals surface area (Å²) in [5.41, 5.74) is 2.05. The number of hydrogen-bond acceptors (Lipinski definition) is 4. The van der Waals surface area contributed by atoms with Crippen molar-refractivity contribution in [1.82, 2.24) is 5.09 Å². The Bertz CT molecular complexity index is 1060. The van der Waals surface area contributed by atoms with Crippen LogP contribution >= 0.6 is 32.5 Å². The minimum Gasteiger partial charge on any atom is -0.427 e. The fourth-order valence-corrected chi connectivity index (χ4v) is 3.95. The van der Waals surface area contributed by atoms with Crippen molar-refractivity contribution in [3.8, 4) is 11.5 Å². The quantitative estimate of drug-likeness (QED) is 0.0865. The van der Waals surface area contributed by atoms with Gasteiger partial charge in [0.25, 0.3) is 0 Å². The van der Waals surface area contributed by atoms with Crippen LogP contribution in [0.4, 0.5) is 22.0 Å². The summed E-state index contributed by atoms with van der Waals surface area (Å²) in [4.78, 5) is 0. The Morgan fingerprint density at radius 3 is 1.97 bits per heavy atom. The smallest absolute Gasteiger partial charge is 0.382 e. The van der Waals surface area contributed by atoms with Gasteiger partial charge in [0, 0.05) is 6.04 Å². The number of para-hydroxylation sites is 1. The van der Waals surface area contributed by atoms with E-state index in [0.29, 0.717) is 6.61 Å². The molecule has 0 aliphatic heterocycles. The highest BCUT2D eigenvalue weighted by Gasteiger charge is 2.30. The SMILES string of the molecule is Cc1ccccc1COCC(C)NP(Oc1ccccc1)Oc1c(F)c(F)c(F)c(F)c1F.I. The fourth-order valence-electron chi connectivity index (χ4n) is 2.73. The summed E-state index contributed by atoms with van der Waals surface area (Å²) in [5.74, 6) is -11.8. The van der Waals surface area contributed by atoms with Crippen molar-refractivity contribution in [2.75, 3.05) is 6.61 Å². The maximum atomic E-state index is 14.1. The van der Waals surface area contributed by atoms with Crippen molar-refractivity contribution in [3.05, 3.63) is 94.8 Å². The Balaban J connectivity index is 0.00000408. The summed E-state index contributed by atoms with van der Waals surface area (Å²) in [6, 6.07) is 15.3. The first-order valence-electron chi connectivity index (χ1n) is 9.89. The molecule has 3 rings (SSSR count). The molecule has 0 saturated carbocycles. The number of rotatable bonds is 10. The van der Waals surface area contributed by atoms with Gasteiger partial charge in [-0.3, -0.25) is 0 Å². The summed E-state index contributed by atoms with van der Waals surface area (Å²) in [7, 11) is -2.36. The molecule has 3 aromatic carbocycles. The van der Waals surface area contributed by atoms with E-state index in [4.69, 9.17) is 13.8 Å². The molecule has 184 valence electrons. The highest BCUT2D eigenvalue weighted by molar-refractivity contribution is 14.0. The lowest BCUT2D eigenvalue weighted by atomic mass is 10.1. The highest BCUT2D eigenvalue weighted by atomic mass is 127. The molecule has 4 nitrogen and oxygen atoms in total. The molecule has 3 aromatic rings. The van der Waals surface area contributed by atoms with E-state index >= 15 is 0 Å². The van der Waals surface area contributed by atoms with Crippen LogP contribution in [-0.4, -0.2) is 12.6 Å². The van der Waals surface area contributed by atoms with E-state index < -0.39 is 49.4 Å². The molecule has 0 aliphatic rings. The van der Waals surface area contributed by atoms with E-state index in [1.807, 2.05) is 31.2 Å². The number of halogens is 6. The molecule has 11 heteroatoms. The van der Waals surface area contributed by atoms with Gasteiger partial charge in [-0.25, -0.2) is 18.3 Å². The fraction of sp³-hybridized carbons (Fsp3) is 0.217. The van der Waals surface area contributed by atoms with Gasteiger partial charge in [-0.05, 0) is 37.1 Å². The number of benzene rings is 3. The van der Waals surface area contributed by atoms with Gasteiger partial charge in [-0.1, -0.05) is 42.5 Å². The molecule has 0 aromatic heterocycles. The van der Waals surface area contributed by atoms with Gasteiger partial charge in [0.15, 0.2) is 0 Å². The third-order valence-corrected chi connectivity index (χ3v) is 5.86. The molecule has 0 amide bonds. The van der Waals surface area contributed by atoms with Gasteiger partial charge in [0.05, 0.1) is 13.2 Å². The minimum atomic E-state index is -2.36. The molecule has 0 aliphatic carbocycles. The second kappa shape index (κ2) is 13.2. The topological polar surface area (TPSA) is 39.7 Å². The van der Waals surface area contributed by atoms with Crippen molar-refractivity contribution >= 4 is 32.5 Å². The summed E-state index contributed by atoms with van der Waals surface area (Å²) >= 11 is 0. The molecule has 34 heavy (non-hydrogen) atoms. The van der Waals surface area contributed by atoms with Crippen molar-refractivity contribution in [1.29, 1.82) is 0 Å². The van der Waals surface area contributed by atoms with Crippen molar-refractivity contribution in [3.63, 3.8) is 0 Å². The number of hydrogen-bond donors (Lipinski definition) is 1. The molecule has 0 saturated heterocycles. The third kappa shape index (κ3) is 7.24. The van der Waals surface area contributed by atoms with Gasteiger partial charge in [0.1, 0.15) is 5.75 Å². The summed E-state index contributed by atoms with van der Waals surface area (Å²) < 4.78 is 85.2. The molecule has 2 atom stereocenters. The first-order chi connectivity index (χ1) is 15.8. The zero-order valence-corrected chi connectivity index (χ0v) is 21.4. The predicted molar refractivity (Wildman–Crippen MR) is 130 cm³/mol. The van der Waals surface area contributed by atoms with Crippen LogP contribution in [0.1, 0.15) is 18.1 Å². The van der Waals surface area contributed by atoms with Gasteiger partial charge in [0.2, 0.25) is 34.8 Å². The van der Waals surface area contributed by atoms with Crippen LogP contribution in [0.15, 0.2) is 54.6 Å². The van der Waals surface area contributed by atoms with E-state index in [2.05, 4.69) is 5.09 Å². The van der Waals surface area contributed by atoms with Gasteiger partial charge >= 0.3 is 8.53 Å². The van der Waals surface area contributed by atoms with E-state index in [0.717, 1.165) is 11.1 Å². The number of ether oxygens (including phenoxy) is 1. The van der Waals surface area contributed by atoms with Crippen molar-refractivity contribution < 1.29 is 35.7 Å². The van der Waals surface area contributed by atoms with Crippen LogP contribution in [0.3, 0.4) is 0 Å². The zero-order chi connectivity index (χ0) is 24.0. The van der Waals surface area contributed by atoms with Gasteiger partial charge in [-0.15, -0.1) is 24.0 Å². The Labute approximate surface area is 212 Å². The highest BCUT2D eigenvalue weighted by Crippen LogP contribution is 2.41. The maximum Gasteiger partial charge on any atom is 0.382 e. The molecule has 0 heterocycles. The average Bonchev–Trinajstić information content (AvgIpc) is 2.81. The van der Waals surface area contributed by atoms with Crippen LogP contribution in [0, 0.1) is 36.0 Å².